The number of piperazine rings is 1. The van der Waals surface area contributed by atoms with Crippen LogP contribution in [0.15, 0.2) is 59.5 Å². The highest BCUT2D eigenvalue weighted by Crippen LogP contribution is 2.17. The lowest BCUT2D eigenvalue weighted by atomic mass is 10.2. The quantitative estimate of drug-likeness (QED) is 0.887. The number of nitrogens with one attached hydrogen (secondary N) is 1. The summed E-state index contributed by atoms with van der Waals surface area (Å²) in [5.74, 6) is -0.323. The van der Waals surface area contributed by atoms with Gasteiger partial charge in [-0.2, -0.15) is 4.31 Å². The van der Waals surface area contributed by atoms with Crippen LogP contribution in [-0.2, 0) is 16.6 Å². The number of nitrogens with zero attached hydrogens (tertiary/aromatic N) is 2. The smallest absolute Gasteiger partial charge is 0.317 e. The number of sulfonamides is 1. The first kappa shape index (κ1) is 18.3. The van der Waals surface area contributed by atoms with Crippen molar-refractivity contribution < 1.29 is 17.6 Å². The van der Waals surface area contributed by atoms with E-state index in [1.807, 2.05) is 0 Å². The Morgan fingerprint density at radius 1 is 0.962 bits per heavy atom. The molecule has 1 aliphatic heterocycles. The summed E-state index contributed by atoms with van der Waals surface area (Å²) in [5.41, 5.74) is 0.796. The molecule has 1 aliphatic rings. The number of hydrogen-bond donors (Lipinski definition) is 1. The second-order valence-corrected chi connectivity index (χ2v) is 7.93. The van der Waals surface area contributed by atoms with Gasteiger partial charge in [-0.15, -0.1) is 0 Å². The van der Waals surface area contributed by atoms with E-state index in [2.05, 4.69) is 5.32 Å². The molecular weight excluding hydrogens is 357 g/mol. The standard InChI is InChI=1S/C18H20FN3O3S/c19-16-8-6-15(7-9-16)14-20-18(23)21-10-12-22(13-11-21)26(24,25)17-4-2-1-3-5-17/h1-9H,10-14H2,(H,20,23). The predicted molar refractivity (Wildman–Crippen MR) is 95.4 cm³/mol. The summed E-state index contributed by atoms with van der Waals surface area (Å²) in [6.45, 7) is 1.44. The third kappa shape index (κ3) is 4.20. The van der Waals surface area contributed by atoms with Crippen molar-refractivity contribution in [3.63, 3.8) is 0 Å². The molecule has 0 unspecified atom stereocenters. The Morgan fingerprint density at radius 3 is 2.19 bits per heavy atom. The number of amides is 2. The fourth-order valence-corrected chi connectivity index (χ4v) is 4.21. The minimum atomic E-state index is -3.53. The minimum absolute atomic E-state index is 0.251. The topological polar surface area (TPSA) is 69.7 Å². The van der Waals surface area contributed by atoms with Gasteiger partial charge in [0.1, 0.15) is 5.82 Å². The van der Waals surface area contributed by atoms with Gasteiger partial charge < -0.3 is 10.2 Å². The maximum atomic E-state index is 12.9. The molecule has 138 valence electrons. The van der Waals surface area contributed by atoms with E-state index < -0.39 is 10.0 Å². The van der Waals surface area contributed by atoms with E-state index in [9.17, 15) is 17.6 Å². The number of hydrogen-bond acceptors (Lipinski definition) is 3. The van der Waals surface area contributed by atoms with Gasteiger partial charge in [0.15, 0.2) is 0 Å². The van der Waals surface area contributed by atoms with E-state index in [-0.39, 0.29) is 29.8 Å². The SMILES string of the molecule is O=C(NCc1ccc(F)cc1)N1CCN(S(=O)(=O)c2ccccc2)CC1. The first-order valence-corrected chi connectivity index (χ1v) is 9.73. The van der Waals surface area contributed by atoms with Crippen molar-refractivity contribution in [3.05, 3.63) is 66.0 Å². The molecule has 2 aromatic rings. The Balaban J connectivity index is 1.53. The minimum Gasteiger partial charge on any atom is -0.334 e. The highest BCUT2D eigenvalue weighted by molar-refractivity contribution is 7.89. The largest absolute Gasteiger partial charge is 0.334 e. The summed E-state index contributed by atoms with van der Waals surface area (Å²) in [6, 6.07) is 13.9. The van der Waals surface area contributed by atoms with Crippen LogP contribution in [0.1, 0.15) is 5.56 Å². The van der Waals surface area contributed by atoms with Crippen LogP contribution in [-0.4, -0.2) is 49.8 Å². The van der Waals surface area contributed by atoms with Gasteiger partial charge in [-0.3, -0.25) is 0 Å². The summed E-state index contributed by atoms with van der Waals surface area (Å²) in [6.07, 6.45) is 0. The molecule has 1 N–H and O–H groups in total. The first-order chi connectivity index (χ1) is 12.5. The maximum absolute atomic E-state index is 12.9. The zero-order chi connectivity index (χ0) is 18.6. The zero-order valence-electron chi connectivity index (χ0n) is 14.1. The van der Waals surface area contributed by atoms with E-state index in [0.717, 1.165) is 5.56 Å². The number of rotatable bonds is 4. The number of benzene rings is 2. The Hall–Kier alpha value is -2.45. The van der Waals surface area contributed by atoms with Crippen molar-refractivity contribution in [2.45, 2.75) is 11.4 Å². The van der Waals surface area contributed by atoms with Gasteiger partial charge in [0.05, 0.1) is 4.90 Å². The van der Waals surface area contributed by atoms with Gasteiger partial charge in [0, 0.05) is 32.7 Å². The number of carbonyl (C=O) groups excluding carboxylic acids is 1. The van der Waals surface area contributed by atoms with Crippen LogP contribution in [0.3, 0.4) is 0 Å². The molecule has 2 amide bonds. The lowest BCUT2D eigenvalue weighted by Crippen LogP contribution is -2.52. The molecular formula is C18H20FN3O3S. The summed E-state index contributed by atoms with van der Waals surface area (Å²) in [5, 5.41) is 2.77. The van der Waals surface area contributed by atoms with Crippen LogP contribution in [0.2, 0.25) is 0 Å². The van der Waals surface area contributed by atoms with Crippen LogP contribution in [0.5, 0.6) is 0 Å². The number of urea groups is 1. The Labute approximate surface area is 152 Å². The summed E-state index contributed by atoms with van der Waals surface area (Å²) in [4.78, 5) is 14.1. The molecule has 1 heterocycles. The van der Waals surface area contributed by atoms with Crippen molar-refractivity contribution >= 4 is 16.1 Å². The Bertz CT molecular complexity index is 849. The van der Waals surface area contributed by atoms with Crippen LogP contribution >= 0.6 is 0 Å². The molecule has 8 heteroatoms. The predicted octanol–water partition coefficient (Wildman–Crippen LogP) is 2.04. The van der Waals surface area contributed by atoms with E-state index in [0.29, 0.717) is 19.6 Å². The van der Waals surface area contributed by atoms with Gasteiger partial charge in [0.25, 0.3) is 0 Å². The van der Waals surface area contributed by atoms with Crippen molar-refractivity contribution in [2.24, 2.45) is 0 Å². The molecule has 1 saturated heterocycles. The lowest BCUT2D eigenvalue weighted by Gasteiger charge is -2.34. The highest BCUT2D eigenvalue weighted by Gasteiger charge is 2.29. The molecule has 0 atom stereocenters. The summed E-state index contributed by atoms with van der Waals surface area (Å²) in [7, 11) is -3.53. The molecule has 3 rings (SSSR count). The van der Waals surface area contributed by atoms with E-state index in [4.69, 9.17) is 0 Å². The Morgan fingerprint density at radius 2 is 1.58 bits per heavy atom. The third-order valence-corrected chi connectivity index (χ3v) is 6.18. The number of halogens is 1. The highest BCUT2D eigenvalue weighted by atomic mass is 32.2. The van der Waals surface area contributed by atoms with Gasteiger partial charge in [-0.05, 0) is 29.8 Å². The summed E-state index contributed by atoms with van der Waals surface area (Å²) >= 11 is 0. The normalized spacial score (nSPS) is 15.7. The average molecular weight is 377 g/mol. The van der Waals surface area contributed by atoms with Crippen LogP contribution in [0.4, 0.5) is 9.18 Å². The van der Waals surface area contributed by atoms with Crippen LogP contribution < -0.4 is 5.32 Å². The van der Waals surface area contributed by atoms with Crippen LogP contribution in [0, 0.1) is 5.82 Å². The van der Waals surface area contributed by atoms with Crippen molar-refractivity contribution in [3.8, 4) is 0 Å². The molecule has 2 aromatic carbocycles. The van der Waals surface area contributed by atoms with E-state index in [1.165, 1.54) is 16.4 Å². The molecule has 0 bridgehead atoms. The monoisotopic (exact) mass is 377 g/mol. The molecule has 1 fully saturated rings. The molecule has 0 aromatic heterocycles. The fourth-order valence-electron chi connectivity index (χ4n) is 2.76. The van der Waals surface area contributed by atoms with Crippen LogP contribution in [0.25, 0.3) is 0 Å². The van der Waals surface area contributed by atoms with Crippen molar-refractivity contribution in [1.29, 1.82) is 0 Å². The second-order valence-electron chi connectivity index (χ2n) is 5.99. The second kappa shape index (κ2) is 7.84. The van der Waals surface area contributed by atoms with E-state index in [1.54, 1.807) is 47.4 Å². The lowest BCUT2D eigenvalue weighted by molar-refractivity contribution is 0.172. The van der Waals surface area contributed by atoms with Gasteiger partial charge >= 0.3 is 6.03 Å². The molecule has 0 radical (unpaired) electrons. The van der Waals surface area contributed by atoms with E-state index >= 15 is 0 Å². The van der Waals surface area contributed by atoms with Gasteiger partial charge in [0.2, 0.25) is 10.0 Å². The molecule has 0 spiro atoms. The van der Waals surface area contributed by atoms with Gasteiger partial charge in [-0.25, -0.2) is 17.6 Å². The Kier molecular flexibility index (Phi) is 5.53. The molecule has 0 saturated carbocycles. The van der Waals surface area contributed by atoms with Crippen molar-refractivity contribution in [1.82, 2.24) is 14.5 Å². The van der Waals surface area contributed by atoms with Gasteiger partial charge in [-0.1, -0.05) is 30.3 Å². The molecule has 6 nitrogen and oxygen atoms in total. The number of carbonyl (C=O) groups is 1. The van der Waals surface area contributed by atoms with Crippen molar-refractivity contribution in [2.75, 3.05) is 26.2 Å². The third-order valence-electron chi connectivity index (χ3n) is 4.26. The fraction of sp³-hybridized carbons (Fsp3) is 0.278. The zero-order valence-corrected chi connectivity index (χ0v) is 15.0. The average Bonchev–Trinajstić information content (AvgIpc) is 2.68. The first-order valence-electron chi connectivity index (χ1n) is 8.29. The summed E-state index contributed by atoms with van der Waals surface area (Å²) < 4.78 is 39.4. The maximum Gasteiger partial charge on any atom is 0.317 e. The molecule has 0 aliphatic carbocycles. The molecule has 26 heavy (non-hydrogen) atoms.